The predicted octanol–water partition coefficient (Wildman–Crippen LogP) is 0.771. The van der Waals surface area contributed by atoms with Crippen LogP contribution >= 0.6 is 0 Å². The van der Waals surface area contributed by atoms with Crippen molar-refractivity contribution in [2.45, 2.75) is 45.9 Å². The van der Waals surface area contributed by atoms with Crippen molar-refractivity contribution in [1.29, 1.82) is 0 Å². The summed E-state index contributed by atoms with van der Waals surface area (Å²) in [6.07, 6.45) is 0.839. The maximum absolute atomic E-state index is 11.7. The van der Waals surface area contributed by atoms with Crippen LogP contribution in [0.4, 0.5) is 4.79 Å². The van der Waals surface area contributed by atoms with Crippen LogP contribution in [0, 0.1) is 0 Å². The number of rotatable bonds is 4. The maximum Gasteiger partial charge on any atom is 0.408 e. The highest BCUT2D eigenvalue weighted by atomic mass is 16.6. The first-order valence-corrected chi connectivity index (χ1v) is 6.18. The number of alkyl carbamates (subject to hydrolysis) is 1. The molecule has 0 fully saturated rings. The number of carbonyl (C=O) groups is 2. The Balaban J connectivity index is 2.40. The van der Waals surface area contributed by atoms with Gasteiger partial charge in [-0.15, -0.1) is 10.2 Å². The zero-order valence-corrected chi connectivity index (χ0v) is 12.3. The number of hydrogen-bond acceptors (Lipinski definition) is 6. The van der Waals surface area contributed by atoms with E-state index in [0.29, 0.717) is 5.82 Å². The molecule has 0 aliphatic heterocycles. The van der Waals surface area contributed by atoms with Crippen LogP contribution < -0.4 is 5.32 Å². The molecule has 0 spiro atoms. The van der Waals surface area contributed by atoms with E-state index in [4.69, 9.17) is 9.47 Å². The van der Waals surface area contributed by atoms with E-state index in [1.54, 1.807) is 32.4 Å². The number of aryl methyl sites for hydroxylation is 1. The lowest BCUT2D eigenvalue weighted by molar-refractivity contribution is -0.147. The second-order valence-corrected chi connectivity index (χ2v) is 5.33. The zero-order chi connectivity index (χ0) is 15.3. The number of ether oxygens (including phenoxy) is 2. The largest absolute Gasteiger partial charge is 0.456 e. The lowest BCUT2D eigenvalue weighted by atomic mass is 10.2. The minimum atomic E-state index is -0.807. The number of hydrogen-bond donors (Lipinski definition) is 1. The van der Waals surface area contributed by atoms with Gasteiger partial charge in [-0.2, -0.15) is 0 Å². The third-order valence-corrected chi connectivity index (χ3v) is 2.24. The fourth-order valence-electron chi connectivity index (χ4n) is 1.24. The first-order valence-electron chi connectivity index (χ1n) is 6.18. The van der Waals surface area contributed by atoms with E-state index >= 15 is 0 Å². The van der Waals surface area contributed by atoms with Gasteiger partial charge in [0, 0.05) is 7.05 Å². The van der Waals surface area contributed by atoms with Gasteiger partial charge in [-0.25, -0.2) is 9.59 Å². The predicted molar refractivity (Wildman–Crippen MR) is 69.6 cm³/mol. The smallest absolute Gasteiger partial charge is 0.408 e. The van der Waals surface area contributed by atoms with Gasteiger partial charge >= 0.3 is 12.1 Å². The summed E-state index contributed by atoms with van der Waals surface area (Å²) >= 11 is 0. The Labute approximate surface area is 117 Å². The lowest BCUT2D eigenvalue weighted by Crippen LogP contribution is -2.42. The quantitative estimate of drug-likeness (QED) is 0.821. The van der Waals surface area contributed by atoms with Crippen LogP contribution in [0.3, 0.4) is 0 Å². The third kappa shape index (κ3) is 5.25. The molecule has 1 heterocycles. The number of esters is 1. The number of aromatic nitrogens is 3. The molecular formula is C12H20N4O4. The number of amides is 1. The van der Waals surface area contributed by atoms with Crippen LogP contribution in [0.25, 0.3) is 0 Å². The molecule has 1 aromatic rings. The summed E-state index contributed by atoms with van der Waals surface area (Å²) in [7, 11) is 1.74. The van der Waals surface area contributed by atoms with E-state index in [1.807, 2.05) is 0 Å². The van der Waals surface area contributed by atoms with E-state index in [9.17, 15) is 9.59 Å². The Morgan fingerprint density at radius 3 is 2.60 bits per heavy atom. The average molecular weight is 284 g/mol. The summed E-state index contributed by atoms with van der Waals surface area (Å²) < 4.78 is 11.7. The van der Waals surface area contributed by atoms with Gasteiger partial charge in [-0.05, 0) is 27.7 Å². The minimum Gasteiger partial charge on any atom is -0.456 e. The van der Waals surface area contributed by atoms with E-state index in [2.05, 4.69) is 15.5 Å². The Hall–Kier alpha value is -2.12. The molecular weight excluding hydrogens is 264 g/mol. The molecule has 8 nitrogen and oxygen atoms in total. The van der Waals surface area contributed by atoms with Gasteiger partial charge in [0.1, 0.15) is 18.0 Å². The highest BCUT2D eigenvalue weighted by Crippen LogP contribution is 2.07. The van der Waals surface area contributed by atoms with Crippen LogP contribution in [0.15, 0.2) is 6.33 Å². The van der Waals surface area contributed by atoms with Crippen LogP contribution in [0.5, 0.6) is 0 Å². The Morgan fingerprint density at radius 1 is 1.45 bits per heavy atom. The Bertz CT molecular complexity index is 478. The molecule has 8 heteroatoms. The highest BCUT2D eigenvalue weighted by molar-refractivity contribution is 5.80. The Morgan fingerprint density at radius 2 is 2.10 bits per heavy atom. The summed E-state index contributed by atoms with van der Waals surface area (Å²) in [5, 5.41) is 9.85. The summed E-state index contributed by atoms with van der Waals surface area (Å²) in [4.78, 5) is 23.2. The van der Waals surface area contributed by atoms with Crippen molar-refractivity contribution in [1.82, 2.24) is 20.1 Å². The topological polar surface area (TPSA) is 95.3 Å². The first-order chi connectivity index (χ1) is 9.19. The molecule has 1 amide bonds. The third-order valence-electron chi connectivity index (χ3n) is 2.24. The summed E-state index contributed by atoms with van der Waals surface area (Å²) in [6, 6.07) is -0.807. The molecule has 0 aromatic carbocycles. The zero-order valence-electron chi connectivity index (χ0n) is 12.3. The molecule has 1 aromatic heterocycles. The average Bonchev–Trinajstić information content (AvgIpc) is 2.68. The second-order valence-electron chi connectivity index (χ2n) is 5.33. The van der Waals surface area contributed by atoms with Crippen molar-refractivity contribution < 1.29 is 19.1 Å². The van der Waals surface area contributed by atoms with Crippen molar-refractivity contribution in [3.8, 4) is 0 Å². The molecule has 1 atom stereocenters. The van der Waals surface area contributed by atoms with Gasteiger partial charge in [-0.1, -0.05) is 0 Å². The number of nitrogens with one attached hydrogen (secondary N) is 1. The first kappa shape index (κ1) is 15.9. The molecule has 1 rings (SSSR count). The lowest BCUT2D eigenvalue weighted by Gasteiger charge is -2.21. The molecule has 0 saturated carbocycles. The maximum atomic E-state index is 11.7. The van der Waals surface area contributed by atoms with Crippen LogP contribution in [-0.4, -0.2) is 38.5 Å². The molecule has 0 radical (unpaired) electrons. The number of nitrogens with zero attached hydrogens (tertiary/aromatic N) is 3. The monoisotopic (exact) mass is 284 g/mol. The van der Waals surface area contributed by atoms with Gasteiger partial charge in [0.25, 0.3) is 0 Å². The number of carbonyl (C=O) groups excluding carboxylic acids is 2. The van der Waals surface area contributed by atoms with Gasteiger partial charge in [0.05, 0.1) is 0 Å². The summed E-state index contributed by atoms with van der Waals surface area (Å²) in [6.45, 7) is 6.73. The molecule has 0 aliphatic rings. The summed E-state index contributed by atoms with van der Waals surface area (Å²) in [5.74, 6) is -0.0540. The van der Waals surface area contributed by atoms with Crippen LogP contribution in [-0.2, 0) is 27.9 Å². The van der Waals surface area contributed by atoms with Crippen molar-refractivity contribution in [3.63, 3.8) is 0 Å². The van der Waals surface area contributed by atoms with Crippen molar-refractivity contribution in [3.05, 3.63) is 12.2 Å². The van der Waals surface area contributed by atoms with E-state index < -0.39 is 23.7 Å². The second kappa shape index (κ2) is 6.36. The molecule has 0 saturated heterocycles. The Kier molecular flexibility index (Phi) is 5.06. The van der Waals surface area contributed by atoms with Gasteiger partial charge in [0.15, 0.2) is 12.4 Å². The SMILES string of the molecule is C[C@H](NC(=O)OC(C)(C)C)C(=O)OCc1nncn1C. The molecule has 1 N–H and O–H groups in total. The molecule has 0 bridgehead atoms. The molecule has 0 unspecified atom stereocenters. The van der Waals surface area contributed by atoms with E-state index in [1.165, 1.54) is 13.3 Å². The van der Waals surface area contributed by atoms with Crippen LogP contribution in [0.1, 0.15) is 33.5 Å². The van der Waals surface area contributed by atoms with E-state index in [-0.39, 0.29) is 6.61 Å². The van der Waals surface area contributed by atoms with Gasteiger partial charge in [-0.3, -0.25) is 0 Å². The molecule has 112 valence electrons. The van der Waals surface area contributed by atoms with E-state index in [0.717, 1.165) is 0 Å². The summed E-state index contributed by atoms with van der Waals surface area (Å²) in [5.41, 5.74) is -0.619. The van der Waals surface area contributed by atoms with Crippen molar-refractivity contribution >= 4 is 12.1 Å². The van der Waals surface area contributed by atoms with Gasteiger partial charge < -0.3 is 19.4 Å². The van der Waals surface area contributed by atoms with Crippen molar-refractivity contribution in [2.24, 2.45) is 7.05 Å². The molecule has 0 aliphatic carbocycles. The van der Waals surface area contributed by atoms with Gasteiger partial charge in [0.2, 0.25) is 0 Å². The minimum absolute atomic E-state index is 0.00429. The fourth-order valence-corrected chi connectivity index (χ4v) is 1.24. The highest BCUT2D eigenvalue weighted by Gasteiger charge is 2.22. The van der Waals surface area contributed by atoms with Crippen LogP contribution in [0.2, 0.25) is 0 Å². The van der Waals surface area contributed by atoms with Crippen molar-refractivity contribution in [2.75, 3.05) is 0 Å². The fraction of sp³-hybridized carbons (Fsp3) is 0.667. The standard InChI is InChI=1S/C12H20N4O4/c1-8(14-11(18)20-12(2,3)4)10(17)19-6-9-15-13-7-16(9)5/h7-8H,6H2,1-5H3,(H,14,18)/t8-/m0/s1. The molecule has 20 heavy (non-hydrogen) atoms. The normalized spacial score (nSPS) is 12.7.